The third-order valence-corrected chi connectivity index (χ3v) is 4.10. The van der Waals surface area contributed by atoms with Crippen LogP contribution in [0.15, 0.2) is 24.3 Å². The quantitative estimate of drug-likeness (QED) is 0.859. The van der Waals surface area contributed by atoms with Gasteiger partial charge in [0.2, 0.25) is 0 Å². The van der Waals surface area contributed by atoms with Crippen molar-refractivity contribution in [1.82, 2.24) is 9.80 Å². The molecule has 112 valence electrons. The number of carbonyl (C=O) groups is 1. The SMILES string of the molecule is CCCC(C#N)N1CCN(C(=O)c2ccc(Cl)cc2)CC1. The van der Waals surface area contributed by atoms with Crippen LogP contribution in [0.1, 0.15) is 30.1 Å². The van der Waals surface area contributed by atoms with Crippen LogP contribution < -0.4 is 0 Å². The molecule has 0 aromatic heterocycles. The number of amides is 1. The van der Waals surface area contributed by atoms with Gasteiger partial charge in [-0.3, -0.25) is 9.69 Å². The van der Waals surface area contributed by atoms with Crippen molar-refractivity contribution in [3.05, 3.63) is 34.9 Å². The minimum atomic E-state index is -0.0252. The first kappa shape index (κ1) is 15.8. The first-order chi connectivity index (χ1) is 10.2. The van der Waals surface area contributed by atoms with Crippen molar-refractivity contribution in [2.45, 2.75) is 25.8 Å². The third kappa shape index (κ3) is 3.96. The Hall–Kier alpha value is -1.57. The van der Waals surface area contributed by atoms with Crippen molar-refractivity contribution in [3.8, 4) is 6.07 Å². The Morgan fingerprint density at radius 3 is 2.43 bits per heavy atom. The molecule has 1 aromatic rings. The topological polar surface area (TPSA) is 47.3 Å². The van der Waals surface area contributed by atoms with E-state index in [2.05, 4.69) is 17.9 Å². The van der Waals surface area contributed by atoms with Gasteiger partial charge in [-0.15, -0.1) is 0 Å². The van der Waals surface area contributed by atoms with E-state index in [1.165, 1.54) is 0 Å². The Balaban J connectivity index is 1.93. The molecule has 1 aliphatic heterocycles. The third-order valence-electron chi connectivity index (χ3n) is 3.84. The normalized spacial score (nSPS) is 17.3. The molecule has 1 heterocycles. The van der Waals surface area contributed by atoms with Crippen LogP contribution in [-0.4, -0.2) is 47.9 Å². The molecular weight excluding hydrogens is 286 g/mol. The summed E-state index contributed by atoms with van der Waals surface area (Å²) in [5, 5.41) is 9.84. The van der Waals surface area contributed by atoms with E-state index in [9.17, 15) is 10.1 Å². The average Bonchev–Trinajstić information content (AvgIpc) is 2.53. The summed E-state index contributed by atoms with van der Waals surface area (Å²) in [7, 11) is 0. The lowest BCUT2D eigenvalue weighted by atomic mass is 10.1. The highest BCUT2D eigenvalue weighted by Gasteiger charge is 2.26. The lowest BCUT2D eigenvalue weighted by Crippen LogP contribution is -2.51. The first-order valence-corrected chi connectivity index (χ1v) is 7.72. The Kier molecular flexibility index (Phi) is 5.60. The second-order valence-corrected chi connectivity index (χ2v) is 5.71. The van der Waals surface area contributed by atoms with Crippen LogP contribution in [0.4, 0.5) is 0 Å². The Morgan fingerprint density at radius 2 is 1.90 bits per heavy atom. The fraction of sp³-hybridized carbons (Fsp3) is 0.500. The number of hydrogen-bond donors (Lipinski definition) is 0. The van der Waals surface area contributed by atoms with E-state index in [1.54, 1.807) is 24.3 Å². The number of halogens is 1. The van der Waals surface area contributed by atoms with Crippen molar-refractivity contribution in [2.24, 2.45) is 0 Å². The second kappa shape index (κ2) is 7.44. The predicted octanol–water partition coefficient (Wildman–Crippen LogP) is 2.79. The molecule has 0 aliphatic carbocycles. The number of rotatable bonds is 4. The van der Waals surface area contributed by atoms with Gasteiger partial charge in [-0.1, -0.05) is 24.9 Å². The molecule has 5 heteroatoms. The minimum absolute atomic E-state index is 0.0252. The molecule has 0 bridgehead atoms. The number of piperazine rings is 1. The summed E-state index contributed by atoms with van der Waals surface area (Å²) in [4.78, 5) is 16.4. The maximum atomic E-state index is 12.4. The summed E-state index contributed by atoms with van der Waals surface area (Å²) in [6.45, 7) is 4.95. The summed E-state index contributed by atoms with van der Waals surface area (Å²) >= 11 is 5.84. The van der Waals surface area contributed by atoms with Gasteiger partial charge in [0.15, 0.2) is 0 Å². The summed E-state index contributed by atoms with van der Waals surface area (Å²) in [5.74, 6) is 0.0373. The van der Waals surface area contributed by atoms with E-state index in [0.29, 0.717) is 23.7 Å². The van der Waals surface area contributed by atoms with E-state index in [0.717, 1.165) is 25.9 Å². The molecule has 1 aromatic carbocycles. The largest absolute Gasteiger partial charge is 0.336 e. The molecule has 0 N–H and O–H groups in total. The van der Waals surface area contributed by atoms with Crippen LogP contribution in [0.5, 0.6) is 0 Å². The number of nitrogens with zero attached hydrogens (tertiary/aromatic N) is 3. The zero-order valence-electron chi connectivity index (χ0n) is 12.3. The van der Waals surface area contributed by atoms with E-state index < -0.39 is 0 Å². The average molecular weight is 306 g/mol. The maximum Gasteiger partial charge on any atom is 0.253 e. The predicted molar refractivity (Wildman–Crippen MR) is 83.2 cm³/mol. The van der Waals surface area contributed by atoms with Crippen LogP contribution in [0.3, 0.4) is 0 Å². The molecule has 0 radical (unpaired) electrons. The minimum Gasteiger partial charge on any atom is -0.336 e. The molecule has 2 rings (SSSR count). The standard InChI is InChI=1S/C16H20ClN3O/c1-2-3-15(12-18)19-8-10-20(11-9-19)16(21)13-4-6-14(17)7-5-13/h4-7,15H,2-3,8-11H2,1H3. The van der Waals surface area contributed by atoms with Gasteiger partial charge in [-0.25, -0.2) is 0 Å². The lowest BCUT2D eigenvalue weighted by Gasteiger charge is -2.36. The van der Waals surface area contributed by atoms with Gasteiger partial charge in [0.1, 0.15) is 0 Å². The molecule has 1 fully saturated rings. The fourth-order valence-corrected chi connectivity index (χ4v) is 2.74. The first-order valence-electron chi connectivity index (χ1n) is 7.34. The van der Waals surface area contributed by atoms with Crippen molar-refractivity contribution in [3.63, 3.8) is 0 Å². The molecule has 1 unspecified atom stereocenters. The number of benzene rings is 1. The second-order valence-electron chi connectivity index (χ2n) is 5.27. The molecule has 1 aliphatic rings. The molecule has 0 spiro atoms. The van der Waals surface area contributed by atoms with E-state index in [4.69, 9.17) is 11.6 Å². The molecule has 1 amide bonds. The highest BCUT2D eigenvalue weighted by molar-refractivity contribution is 6.30. The zero-order chi connectivity index (χ0) is 15.2. The smallest absolute Gasteiger partial charge is 0.253 e. The van der Waals surface area contributed by atoms with Gasteiger partial charge >= 0.3 is 0 Å². The highest BCUT2D eigenvalue weighted by atomic mass is 35.5. The van der Waals surface area contributed by atoms with E-state index >= 15 is 0 Å². The molecule has 21 heavy (non-hydrogen) atoms. The van der Waals surface area contributed by atoms with Crippen molar-refractivity contribution in [2.75, 3.05) is 26.2 Å². The van der Waals surface area contributed by atoms with Crippen LogP contribution in [-0.2, 0) is 0 Å². The summed E-state index contributed by atoms with van der Waals surface area (Å²) in [6.07, 6.45) is 1.89. The molecule has 0 saturated carbocycles. The monoisotopic (exact) mass is 305 g/mol. The molecule has 1 atom stereocenters. The molecule has 1 saturated heterocycles. The lowest BCUT2D eigenvalue weighted by molar-refractivity contribution is 0.0601. The number of carbonyl (C=O) groups excluding carboxylic acids is 1. The van der Waals surface area contributed by atoms with Crippen molar-refractivity contribution < 1.29 is 4.79 Å². The van der Waals surface area contributed by atoms with Gasteiger partial charge in [0.25, 0.3) is 5.91 Å². The van der Waals surface area contributed by atoms with Crippen LogP contribution in [0, 0.1) is 11.3 Å². The summed E-state index contributed by atoms with van der Waals surface area (Å²) in [5.41, 5.74) is 0.665. The summed E-state index contributed by atoms with van der Waals surface area (Å²) < 4.78 is 0. The Morgan fingerprint density at radius 1 is 1.29 bits per heavy atom. The Labute approximate surface area is 130 Å². The highest BCUT2D eigenvalue weighted by Crippen LogP contribution is 2.15. The number of hydrogen-bond acceptors (Lipinski definition) is 3. The van der Waals surface area contributed by atoms with Gasteiger partial charge in [-0.05, 0) is 30.7 Å². The maximum absolute atomic E-state index is 12.4. The van der Waals surface area contributed by atoms with Crippen LogP contribution in [0.2, 0.25) is 5.02 Å². The Bertz CT molecular complexity index is 515. The van der Waals surface area contributed by atoms with Crippen LogP contribution in [0.25, 0.3) is 0 Å². The van der Waals surface area contributed by atoms with Crippen LogP contribution >= 0.6 is 11.6 Å². The summed E-state index contributed by atoms with van der Waals surface area (Å²) in [6, 6.07) is 9.32. The molecular formula is C16H20ClN3O. The van der Waals surface area contributed by atoms with E-state index in [-0.39, 0.29) is 11.9 Å². The van der Waals surface area contributed by atoms with Gasteiger partial charge in [-0.2, -0.15) is 5.26 Å². The van der Waals surface area contributed by atoms with Crippen molar-refractivity contribution in [1.29, 1.82) is 5.26 Å². The number of nitriles is 1. The van der Waals surface area contributed by atoms with Gasteiger partial charge < -0.3 is 4.90 Å². The van der Waals surface area contributed by atoms with Gasteiger partial charge in [0.05, 0.1) is 12.1 Å². The van der Waals surface area contributed by atoms with E-state index in [1.807, 2.05) is 4.90 Å². The van der Waals surface area contributed by atoms with Crippen molar-refractivity contribution >= 4 is 17.5 Å². The van der Waals surface area contributed by atoms with Gasteiger partial charge in [0, 0.05) is 36.8 Å². The molecule has 4 nitrogen and oxygen atoms in total. The zero-order valence-corrected chi connectivity index (χ0v) is 13.0. The fourth-order valence-electron chi connectivity index (χ4n) is 2.61.